The Balaban J connectivity index is 2.28. The second-order valence-electron chi connectivity index (χ2n) is 4.14. The van der Waals surface area contributed by atoms with Gasteiger partial charge in [-0.3, -0.25) is 9.59 Å². The van der Waals surface area contributed by atoms with Crippen LogP contribution in [0.25, 0.3) is 0 Å². The van der Waals surface area contributed by atoms with Crippen LogP contribution in [-0.4, -0.2) is 54.0 Å². The Bertz CT molecular complexity index is 327. The van der Waals surface area contributed by atoms with Crippen LogP contribution in [0.4, 0.5) is 0 Å². The van der Waals surface area contributed by atoms with Crippen molar-refractivity contribution in [1.82, 2.24) is 0 Å². The Labute approximate surface area is 92.5 Å². The van der Waals surface area contributed by atoms with E-state index < -0.39 is 29.9 Å². The van der Waals surface area contributed by atoms with Crippen LogP contribution in [0.5, 0.6) is 0 Å². The number of hydrogen-bond acceptors (Lipinski definition) is 6. The van der Waals surface area contributed by atoms with Crippen LogP contribution in [0.3, 0.4) is 0 Å². The summed E-state index contributed by atoms with van der Waals surface area (Å²) in [6.07, 6.45) is -2.08. The minimum Gasteiger partial charge on any atom is -0.446 e. The average molecular weight is 230 g/mol. The third kappa shape index (κ3) is 1.53. The highest BCUT2D eigenvalue weighted by atomic mass is 16.6. The number of ketones is 1. The SMILES string of the molecule is CC(=O)O[C@@]1(C(C)=O)CO[C@@H]2[C@H](O)CO[C@@H]21. The lowest BCUT2D eigenvalue weighted by molar-refractivity contribution is -0.175. The van der Waals surface area contributed by atoms with Gasteiger partial charge in [0.05, 0.1) is 13.2 Å². The molecule has 0 saturated carbocycles. The van der Waals surface area contributed by atoms with E-state index in [4.69, 9.17) is 14.2 Å². The Morgan fingerprint density at radius 3 is 2.62 bits per heavy atom. The smallest absolute Gasteiger partial charge is 0.303 e. The summed E-state index contributed by atoms with van der Waals surface area (Å²) in [5.41, 5.74) is -1.39. The van der Waals surface area contributed by atoms with Crippen molar-refractivity contribution in [3.05, 3.63) is 0 Å². The molecule has 2 fully saturated rings. The fraction of sp³-hybridized carbons (Fsp3) is 0.800. The molecule has 0 unspecified atom stereocenters. The van der Waals surface area contributed by atoms with Crippen molar-refractivity contribution in [2.24, 2.45) is 0 Å². The van der Waals surface area contributed by atoms with Crippen LogP contribution < -0.4 is 0 Å². The second-order valence-corrected chi connectivity index (χ2v) is 4.14. The van der Waals surface area contributed by atoms with Crippen molar-refractivity contribution >= 4 is 11.8 Å². The summed E-state index contributed by atoms with van der Waals surface area (Å²) in [6, 6.07) is 0. The zero-order valence-corrected chi connectivity index (χ0v) is 9.13. The molecular formula is C10H14O6. The number of fused-ring (bicyclic) bond motifs is 1. The molecule has 2 rings (SSSR count). The van der Waals surface area contributed by atoms with Crippen molar-refractivity contribution in [2.75, 3.05) is 13.2 Å². The monoisotopic (exact) mass is 230 g/mol. The number of esters is 1. The molecule has 16 heavy (non-hydrogen) atoms. The van der Waals surface area contributed by atoms with E-state index in [9.17, 15) is 14.7 Å². The van der Waals surface area contributed by atoms with E-state index in [0.29, 0.717) is 0 Å². The predicted molar refractivity (Wildman–Crippen MR) is 50.7 cm³/mol. The lowest BCUT2D eigenvalue weighted by Gasteiger charge is -2.28. The number of hydrogen-bond donors (Lipinski definition) is 1. The van der Waals surface area contributed by atoms with Crippen LogP contribution in [0.15, 0.2) is 0 Å². The average Bonchev–Trinajstić information content (AvgIpc) is 2.69. The molecule has 6 heteroatoms. The van der Waals surface area contributed by atoms with Gasteiger partial charge in [0.1, 0.15) is 18.3 Å². The molecule has 0 aromatic carbocycles. The number of rotatable bonds is 2. The van der Waals surface area contributed by atoms with E-state index in [1.165, 1.54) is 13.8 Å². The number of carbonyl (C=O) groups excluding carboxylic acids is 2. The molecule has 0 aliphatic carbocycles. The van der Waals surface area contributed by atoms with Gasteiger partial charge in [-0.1, -0.05) is 0 Å². The fourth-order valence-corrected chi connectivity index (χ4v) is 2.21. The van der Waals surface area contributed by atoms with Gasteiger partial charge in [-0.25, -0.2) is 0 Å². The maximum Gasteiger partial charge on any atom is 0.303 e. The fourth-order valence-electron chi connectivity index (χ4n) is 2.21. The van der Waals surface area contributed by atoms with Crippen LogP contribution in [0, 0.1) is 0 Å². The summed E-state index contributed by atoms with van der Waals surface area (Å²) in [5, 5.41) is 9.55. The third-order valence-corrected chi connectivity index (χ3v) is 3.00. The van der Waals surface area contributed by atoms with Gasteiger partial charge in [0, 0.05) is 6.92 Å². The van der Waals surface area contributed by atoms with Crippen molar-refractivity contribution < 1.29 is 28.9 Å². The molecule has 0 amide bonds. The molecule has 2 saturated heterocycles. The lowest BCUT2D eigenvalue weighted by Crippen LogP contribution is -2.52. The van der Waals surface area contributed by atoms with Crippen LogP contribution in [-0.2, 0) is 23.8 Å². The first-order valence-electron chi connectivity index (χ1n) is 5.09. The summed E-state index contributed by atoms with van der Waals surface area (Å²) in [5.74, 6) is -0.895. The van der Waals surface area contributed by atoms with Crippen LogP contribution >= 0.6 is 0 Å². The van der Waals surface area contributed by atoms with Crippen molar-refractivity contribution in [1.29, 1.82) is 0 Å². The van der Waals surface area contributed by atoms with Gasteiger partial charge in [-0.15, -0.1) is 0 Å². The first-order valence-corrected chi connectivity index (χ1v) is 5.09. The van der Waals surface area contributed by atoms with Gasteiger partial charge in [0.15, 0.2) is 5.78 Å². The van der Waals surface area contributed by atoms with E-state index in [-0.39, 0.29) is 19.0 Å². The quantitative estimate of drug-likeness (QED) is 0.615. The zero-order chi connectivity index (χ0) is 11.9. The molecule has 0 bridgehead atoms. The molecule has 0 spiro atoms. The minimum atomic E-state index is -1.39. The highest BCUT2D eigenvalue weighted by Crippen LogP contribution is 2.37. The molecule has 0 aromatic rings. The molecule has 2 heterocycles. The van der Waals surface area contributed by atoms with Gasteiger partial charge in [-0.05, 0) is 6.92 Å². The van der Waals surface area contributed by atoms with Crippen LogP contribution in [0.2, 0.25) is 0 Å². The highest BCUT2D eigenvalue weighted by Gasteiger charge is 2.61. The Morgan fingerprint density at radius 2 is 2.06 bits per heavy atom. The molecule has 1 N–H and O–H groups in total. The molecule has 2 aliphatic rings. The van der Waals surface area contributed by atoms with E-state index in [1.54, 1.807) is 0 Å². The Kier molecular flexibility index (Phi) is 2.73. The van der Waals surface area contributed by atoms with Crippen molar-refractivity contribution in [3.63, 3.8) is 0 Å². The first-order chi connectivity index (χ1) is 7.47. The maximum atomic E-state index is 11.6. The van der Waals surface area contributed by atoms with Crippen LogP contribution in [0.1, 0.15) is 13.8 Å². The largest absolute Gasteiger partial charge is 0.446 e. The zero-order valence-electron chi connectivity index (χ0n) is 9.13. The van der Waals surface area contributed by atoms with Gasteiger partial charge in [0.2, 0.25) is 5.60 Å². The summed E-state index contributed by atoms with van der Waals surface area (Å²) in [7, 11) is 0. The Hall–Kier alpha value is -0.980. The summed E-state index contributed by atoms with van der Waals surface area (Å²) in [4.78, 5) is 22.7. The molecule has 0 radical (unpaired) electrons. The second kappa shape index (κ2) is 3.80. The first kappa shape index (κ1) is 11.5. The van der Waals surface area contributed by atoms with Gasteiger partial charge < -0.3 is 19.3 Å². The molecule has 6 nitrogen and oxygen atoms in total. The third-order valence-electron chi connectivity index (χ3n) is 3.00. The molecule has 2 aliphatic heterocycles. The van der Waals surface area contributed by atoms with Gasteiger partial charge in [0.25, 0.3) is 0 Å². The summed E-state index contributed by atoms with van der Waals surface area (Å²) < 4.78 is 15.7. The number of carbonyl (C=O) groups is 2. The Morgan fingerprint density at radius 1 is 1.38 bits per heavy atom. The number of ether oxygens (including phenoxy) is 3. The molecule has 0 aromatic heterocycles. The van der Waals surface area contributed by atoms with Gasteiger partial charge >= 0.3 is 5.97 Å². The van der Waals surface area contributed by atoms with E-state index in [0.717, 1.165) is 0 Å². The number of aliphatic hydroxyl groups is 1. The molecule has 90 valence electrons. The molecular weight excluding hydrogens is 216 g/mol. The minimum absolute atomic E-state index is 0.0612. The van der Waals surface area contributed by atoms with Crippen molar-refractivity contribution in [3.8, 4) is 0 Å². The van der Waals surface area contributed by atoms with E-state index in [2.05, 4.69) is 0 Å². The highest BCUT2D eigenvalue weighted by molar-refractivity contribution is 5.89. The van der Waals surface area contributed by atoms with Crippen molar-refractivity contribution in [2.45, 2.75) is 37.8 Å². The topological polar surface area (TPSA) is 82.1 Å². The maximum absolute atomic E-state index is 11.6. The summed E-state index contributed by atoms with van der Waals surface area (Å²) >= 11 is 0. The lowest BCUT2D eigenvalue weighted by atomic mass is 9.92. The van der Waals surface area contributed by atoms with E-state index in [1.807, 2.05) is 0 Å². The number of Topliss-reactive ketones (excluding diaryl/α,β-unsaturated/α-hetero) is 1. The van der Waals surface area contributed by atoms with Gasteiger partial charge in [-0.2, -0.15) is 0 Å². The van der Waals surface area contributed by atoms with E-state index >= 15 is 0 Å². The predicted octanol–water partition coefficient (Wildman–Crippen LogP) is -0.964. The number of aliphatic hydroxyl groups excluding tert-OH is 1. The standard InChI is InChI=1S/C10H14O6/c1-5(11)10(16-6(2)12)4-15-8-7(13)3-14-9(8)10/h7-9,13H,3-4H2,1-2H3/t7-,8-,9+,10-/m1/s1. The molecule has 4 atom stereocenters. The normalized spacial score (nSPS) is 41.8. The summed E-state index contributed by atoms with van der Waals surface area (Å²) in [6.45, 7) is 2.58.